The summed E-state index contributed by atoms with van der Waals surface area (Å²) < 4.78 is 12.7. The summed E-state index contributed by atoms with van der Waals surface area (Å²) in [5.74, 6) is 0.353. The molecule has 0 radical (unpaired) electrons. The molecule has 0 amide bonds. The molecule has 2 heterocycles. The molecule has 0 aliphatic carbocycles. The molecule has 7 heteroatoms. The quantitative estimate of drug-likeness (QED) is 0.221. The van der Waals surface area contributed by atoms with Gasteiger partial charge in [-0.2, -0.15) is 0 Å². The third kappa shape index (κ3) is 1.83. The van der Waals surface area contributed by atoms with Crippen LogP contribution in [-0.4, -0.2) is 11.9 Å². The Morgan fingerprint density at radius 1 is 0.909 bits per heavy atom. The van der Waals surface area contributed by atoms with Crippen LogP contribution in [0.5, 0.6) is 11.5 Å². The summed E-state index contributed by atoms with van der Waals surface area (Å²) in [5.41, 5.74) is 0.978. The molecule has 2 aromatic rings. The molecular formula is C15H7I2O4P. The van der Waals surface area contributed by atoms with Crippen molar-refractivity contribution in [1.29, 1.82) is 0 Å². The molecule has 0 bridgehead atoms. The minimum absolute atomic E-state index is 0.370. The van der Waals surface area contributed by atoms with Crippen molar-refractivity contribution < 1.29 is 19.1 Å². The number of benzene rings is 2. The highest BCUT2D eigenvalue weighted by Gasteiger charge is 2.28. The van der Waals surface area contributed by atoms with E-state index >= 15 is 0 Å². The van der Waals surface area contributed by atoms with Crippen LogP contribution in [0.15, 0.2) is 0 Å². The first-order chi connectivity index (χ1) is 10.4. The van der Waals surface area contributed by atoms with E-state index < -0.39 is 0 Å². The van der Waals surface area contributed by atoms with Crippen molar-refractivity contribution in [2.45, 2.75) is 6.92 Å². The average Bonchev–Trinajstić information content (AvgIpc) is 3.03. The molecule has 4 rings (SSSR count). The molecule has 0 fully saturated rings. The van der Waals surface area contributed by atoms with E-state index in [0.717, 1.165) is 39.2 Å². The van der Waals surface area contributed by atoms with Crippen LogP contribution in [-0.2, 0) is 9.59 Å². The van der Waals surface area contributed by atoms with Gasteiger partial charge in [-0.05, 0) is 63.0 Å². The minimum Gasteiger partial charge on any atom is -0.422 e. The zero-order valence-corrected chi connectivity index (χ0v) is 16.6. The molecule has 0 saturated carbocycles. The predicted octanol–water partition coefficient (Wildman–Crippen LogP) is 1.26. The van der Waals surface area contributed by atoms with Crippen molar-refractivity contribution in [2.24, 2.45) is 0 Å². The second-order valence-electron chi connectivity index (χ2n) is 5.03. The predicted molar refractivity (Wildman–Crippen MR) is 103 cm³/mol. The molecule has 1 atom stereocenters. The summed E-state index contributed by atoms with van der Waals surface area (Å²) >= 11 is 4.41. The van der Waals surface area contributed by atoms with Crippen LogP contribution < -0.4 is 25.2 Å². The topological polar surface area (TPSA) is 52.6 Å². The Morgan fingerprint density at radius 3 is 2.09 bits per heavy atom. The molecular weight excluding hydrogens is 529 g/mol. The summed E-state index contributed by atoms with van der Waals surface area (Å²) in [5, 5.41) is 4.10. The van der Waals surface area contributed by atoms with Crippen LogP contribution >= 0.6 is 54.4 Å². The summed E-state index contributed by atoms with van der Waals surface area (Å²) in [6.45, 7) is 1.96. The maximum Gasteiger partial charge on any atom is 0.336 e. The van der Waals surface area contributed by atoms with Crippen LogP contribution in [0.3, 0.4) is 0 Å². The fourth-order valence-corrected chi connectivity index (χ4v) is 4.66. The third-order valence-electron chi connectivity index (χ3n) is 3.81. The van der Waals surface area contributed by atoms with Gasteiger partial charge in [0.15, 0.2) is 0 Å². The number of hydrogen-bond acceptors (Lipinski definition) is 4. The Labute approximate surface area is 154 Å². The summed E-state index contributed by atoms with van der Waals surface area (Å²) in [6.07, 6.45) is 3.00. The summed E-state index contributed by atoms with van der Waals surface area (Å²) in [4.78, 5) is 23.4. The zero-order chi connectivity index (χ0) is 15.8. The van der Waals surface area contributed by atoms with E-state index in [9.17, 15) is 9.59 Å². The average molecular weight is 536 g/mol. The zero-order valence-electron chi connectivity index (χ0n) is 11.1. The molecule has 0 aromatic heterocycles. The number of esters is 2. The number of ether oxygens (including phenoxy) is 2. The Balaban J connectivity index is 2.34. The molecule has 0 saturated heterocycles. The molecule has 22 heavy (non-hydrogen) atoms. The Bertz CT molecular complexity index is 971. The van der Waals surface area contributed by atoms with Gasteiger partial charge in [0.05, 0.1) is 0 Å². The van der Waals surface area contributed by atoms with Gasteiger partial charge in [-0.3, -0.25) is 0 Å². The van der Waals surface area contributed by atoms with E-state index in [0.29, 0.717) is 11.5 Å². The lowest BCUT2D eigenvalue weighted by Gasteiger charge is -2.15. The lowest BCUT2D eigenvalue weighted by atomic mass is 10.0. The lowest BCUT2D eigenvalue weighted by Crippen LogP contribution is -2.22. The van der Waals surface area contributed by atoms with Gasteiger partial charge in [-0.15, -0.1) is 9.24 Å². The van der Waals surface area contributed by atoms with Gasteiger partial charge in [0.2, 0.25) is 0 Å². The number of carbonyl (C=O) groups is 2. The number of halogens is 2. The maximum absolute atomic E-state index is 11.7. The first-order valence-corrected chi connectivity index (χ1v) is 9.03. The van der Waals surface area contributed by atoms with E-state index in [-0.39, 0.29) is 11.9 Å². The standard InChI is InChI=1S/C15H7I2O4P/c1-4-9-10(13-5(11(4)16)2-7(18)20-13)12(17)15(22)6-3-8(19)21-14(6)9/h2-3H,22H2,1H3. The van der Waals surface area contributed by atoms with Gasteiger partial charge >= 0.3 is 11.9 Å². The van der Waals surface area contributed by atoms with Crippen molar-refractivity contribution in [3.8, 4) is 11.5 Å². The molecule has 110 valence electrons. The fourth-order valence-electron chi connectivity index (χ4n) is 2.83. The number of aryl methyl sites for hydroxylation is 1. The number of rotatable bonds is 0. The SMILES string of the molecule is Cc1c(I)c2c(c3c(I)c(P)c4c(c13)OC(=O)C=4)OC(=O)C=2. The second kappa shape index (κ2) is 4.88. The highest BCUT2D eigenvalue weighted by atomic mass is 127. The summed E-state index contributed by atoms with van der Waals surface area (Å²) in [6, 6.07) is 0. The molecule has 0 N–H and O–H groups in total. The monoisotopic (exact) mass is 536 g/mol. The normalized spacial score (nSPS) is 15.1. The van der Waals surface area contributed by atoms with Crippen molar-refractivity contribution in [3.05, 3.63) is 23.1 Å². The van der Waals surface area contributed by atoms with Crippen LogP contribution in [0.1, 0.15) is 5.56 Å². The van der Waals surface area contributed by atoms with E-state index in [1.165, 1.54) is 12.2 Å². The van der Waals surface area contributed by atoms with Crippen LogP contribution in [0.2, 0.25) is 0 Å². The highest BCUT2D eigenvalue weighted by Crippen LogP contribution is 2.38. The Morgan fingerprint density at radius 2 is 1.45 bits per heavy atom. The number of hydrogen-bond donors (Lipinski definition) is 0. The van der Waals surface area contributed by atoms with Crippen molar-refractivity contribution >= 4 is 94.6 Å². The maximum atomic E-state index is 11.7. The van der Waals surface area contributed by atoms with Gasteiger partial charge in [0, 0.05) is 40.5 Å². The Kier molecular flexibility index (Phi) is 3.29. The van der Waals surface area contributed by atoms with Gasteiger partial charge in [-0.25, -0.2) is 9.59 Å². The molecule has 2 aliphatic heterocycles. The first-order valence-electron chi connectivity index (χ1n) is 6.30. The molecule has 4 nitrogen and oxygen atoms in total. The van der Waals surface area contributed by atoms with Gasteiger partial charge in [0.25, 0.3) is 0 Å². The molecule has 0 spiro atoms. The van der Waals surface area contributed by atoms with Crippen LogP contribution in [0, 0.1) is 14.1 Å². The molecule has 1 unspecified atom stereocenters. The van der Waals surface area contributed by atoms with E-state index in [1.54, 1.807) is 0 Å². The Hall–Kier alpha value is -0.730. The number of carbonyl (C=O) groups excluding carboxylic acids is 2. The second-order valence-corrected chi connectivity index (χ2v) is 7.77. The third-order valence-corrected chi connectivity index (χ3v) is 7.51. The van der Waals surface area contributed by atoms with Crippen LogP contribution in [0.4, 0.5) is 0 Å². The van der Waals surface area contributed by atoms with Crippen molar-refractivity contribution in [1.82, 2.24) is 0 Å². The molecule has 2 aliphatic rings. The van der Waals surface area contributed by atoms with Crippen LogP contribution in [0.25, 0.3) is 22.9 Å². The largest absolute Gasteiger partial charge is 0.422 e. The van der Waals surface area contributed by atoms with Gasteiger partial charge in [-0.1, -0.05) is 0 Å². The van der Waals surface area contributed by atoms with Crippen molar-refractivity contribution in [3.63, 3.8) is 0 Å². The smallest absolute Gasteiger partial charge is 0.336 e. The first kappa shape index (κ1) is 14.8. The van der Waals surface area contributed by atoms with Crippen molar-refractivity contribution in [2.75, 3.05) is 0 Å². The van der Waals surface area contributed by atoms with Gasteiger partial charge in [0.1, 0.15) is 11.5 Å². The fraction of sp³-hybridized carbons (Fsp3) is 0.0667. The van der Waals surface area contributed by atoms with Gasteiger partial charge < -0.3 is 9.47 Å². The summed E-state index contributed by atoms with van der Waals surface area (Å²) in [7, 11) is 2.65. The van der Waals surface area contributed by atoms with E-state index in [2.05, 4.69) is 54.4 Å². The van der Waals surface area contributed by atoms with E-state index in [1.807, 2.05) is 6.92 Å². The van der Waals surface area contributed by atoms with E-state index in [4.69, 9.17) is 9.47 Å². The highest BCUT2D eigenvalue weighted by molar-refractivity contribution is 14.1. The number of fused-ring (bicyclic) bond motifs is 5. The minimum atomic E-state index is -0.375. The lowest BCUT2D eigenvalue weighted by molar-refractivity contribution is -0.127. The molecule has 2 aromatic carbocycles.